The predicted octanol–water partition coefficient (Wildman–Crippen LogP) is 2.50. The zero-order chi connectivity index (χ0) is 14.0. The highest BCUT2D eigenvalue weighted by Crippen LogP contribution is 2.36. The van der Waals surface area contributed by atoms with Crippen LogP contribution in [0.5, 0.6) is 5.75 Å². The maximum atomic E-state index is 11.1. The van der Waals surface area contributed by atoms with Crippen molar-refractivity contribution in [1.82, 2.24) is 0 Å². The number of hydrogen-bond donors (Lipinski definition) is 0. The molecule has 0 spiro atoms. The lowest BCUT2D eigenvalue weighted by molar-refractivity contribution is -0.255. The molecule has 104 valence electrons. The van der Waals surface area contributed by atoms with Crippen LogP contribution in [0.25, 0.3) is 0 Å². The van der Waals surface area contributed by atoms with Gasteiger partial charge in [-0.05, 0) is 42.7 Å². The zero-order valence-corrected chi connectivity index (χ0v) is 11.8. The molecule has 1 fully saturated rings. The fourth-order valence-corrected chi connectivity index (χ4v) is 2.93. The van der Waals surface area contributed by atoms with Crippen molar-refractivity contribution in [2.45, 2.75) is 39.7 Å². The van der Waals surface area contributed by atoms with Crippen LogP contribution in [0.2, 0.25) is 0 Å². The van der Waals surface area contributed by atoms with E-state index in [-0.39, 0.29) is 11.7 Å². The molecule has 1 aliphatic rings. The molecule has 2 rings (SSSR count). The summed E-state index contributed by atoms with van der Waals surface area (Å²) in [6.07, 6.45) is 2.06. The van der Waals surface area contributed by atoms with E-state index in [1.165, 1.54) is 6.07 Å². The van der Waals surface area contributed by atoms with Gasteiger partial charge in [-0.1, -0.05) is 32.9 Å². The first kappa shape index (κ1) is 13.9. The highest BCUT2D eigenvalue weighted by molar-refractivity contribution is 5.89. The number of hydrogen-bond acceptors (Lipinski definition) is 3. The van der Waals surface area contributed by atoms with Crippen LogP contribution in [0.3, 0.4) is 0 Å². The van der Waals surface area contributed by atoms with Crippen molar-refractivity contribution in [3.63, 3.8) is 0 Å². The van der Waals surface area contributed by atoms with Crippen LogP contribution in [-0.4, -0.2) is 12.1 Å². The molecule has 19 heavy (non-hydrogen) atoms. The number of carbonyl (C=O) groups is 1. The zero-order valence-electron chi connectivity index (χ0n) is 11.8. The number of carboxylic acid groups (broad SMARTS) is 1. The van der Waals surface area contributed by atoms with E-state index in [0.717, 1.165) is 12.8 Å². The number of ether oxygens (including phenoxy) is 1. The predicted molar refractivity (Wildman–Crippen MR) is 71.9 cm³/mol. The second kappa shape index (κ2) is 5.64. The van der Waals surface area contributed by atoms with E-state index in [0.29, 0.717) is 23.5 Å². The van der Waals surface area contributed by atoms with Crippen molar-refractivity contribution < 1.29 is 14.6 Å². The Morgan fingerprint density at radius 3 is 2.32 bits per heavy atom. The highest BCUT2D eigenvalue weighted by atomic mass is 16.5. The normalized spacial score (nSPS) is 30.9. The van der Waals surface area contributed by atoms with Gasteiger partial charge >= 0.3 is 0 Å². The van der Waals surface area contributed by atoms with Gasteiger partial charge in [0.15, 0.2) is 0 Å². The van der Waals surface area contributed by atoms with E-state index in [2.05, 4.69) is 20.8 Å². The summed E-state index contributed by atoms with van der Waals surface area (Å²) < 4.78 is 5.92. The number of benzene rings is 1. The van der Waals surface area contributed by atoms with Gasteiger partial charge in [-0.3, -0.25) is 0 Å². The monoisotopic (exact) mass is 261 g/mol. The molecular weight excluding hydrogens is 240 g/mol. The number of carboxylic acids is 1. The topological polar surface area (TPSA) is 49.4 Å². The van der Waals surface area contributed by atoms with Gasteiger partial charge < -0.3 is 14.6 Å². The number of para-hydroxylation sites is 1. The second-order valence-corrected chi connectivity index (χ2v) is 5.81. The van der Waals surface area contributed by atoms with Crippen LogP contribution in [0.4, 0.5) is 0 Å². The fourth-order valence-electron chi connectivity index (χ4n) is 2.93. The summed E-state index contributed by atoms with van der Waals surface area (Å²) in [6.45, 7) is 6.75. The Hall–Kier alpha value is -1.51. The molecule has 0 amide bonds. The lowest BCUT2D eigenvalue weighted by atomic mass is 9.73. The van der Waals surface area contributed by atoms with Crippen molar-refractivity contribution >= 4 is 5.97 Å². The van der Waals surface area contributed by atoms with E-state index in [1.807, 2.05) is 0 Å². The lowest BCUT2D eigenvalue weighted by Crippen LogP contribution is -2.34. The Morgan fingerprint density at radius 2 is 1.74 bits per heavy atom. The van der Waals surface area contributed by atoms with Gasteiger partial charge in [0.2, 0.25) is 0 Å². The SMILES string of the molecule is CC1CC(Oc2ccccc2C(=O)[O-])CC(C)C1C. The third kappa shape index (κ3) is 3.09. The van der Waals surface area contributed by atoms with Crippen molar-refractivity contribution in [3.05, 3.63) is 29.8 Å². The molecule has 1 aliphatic carbocycles. The average molecular weight is 261 g/mol. The van der Waals surface area contributed by atoms with E-state index in [4.69, 9.17) is 4.74 Å². The van der Waals surface area contributed by atoms with Gasteiger partial charge in [-0.25, -0.2) is 0 Å². The maximum absolute atomic E-state index is 11.1. The third-order valence-corrected chi connectivity index (χ3v) is 4.47. The largest absolute Gasteiger partial charge is 0.545 e. The average Bonchev–Trinajstić information content (AvgIpc) is 2.36. The summed E-state index contributed by atoms with van der Waals surface area (Å²) in [6, 6.07) is 6.72. The number of carbonyl (C=O) groups excluding carboxylic acids is 1. The number of rotatable bonds is 3. The molecule has 1 saturated carbocycles. The molecule has 3 heteroatoms. The Morgan fingerprint density at radius 1 is 1.16 bits per heavy atom. The number of aromatic carboxylic acids is 1. The van der Waals surface area contributed by atoms with Crippen LogP contribution in [0.1, 0.15) is 44.0 Å². The van der Waals surface area contributed by atoms with Crippen molar-refractivity contribution in [2.75, 3.05) is 0 Å². The first-order chi connectivity index (χ1) is 8.99. The third-order valence-electron chi connectivity index (χ3n) is 4.47. The smallest absolute Gasteiger partial charge is 0.128 e. The van der Waals surface area contributed by atoms with Gasteiger partial charge in [-0.2, -0.15) is 0 Å². The summed E-state index contributed by atoms with van der Waals surface area (Å²) >= 11 is 0. The minimum absolute atomic E-state index is 0.0988. The minimum atomic E-state index is -1.18. The fraction of sp³-hybridized carbons (Fsp3) is 0.562. The Bertz CT molecular complexity index is 443. The van der Waals surface area contributed by atoms with Gasteiger partial charge in [-0.15, -0.1) is 0 Å². The van der Waals surface area contributed by atoms with Crippen molar-refractivity contribution in [3.8, 4) is 5.75 Å². The summed E-state index contributed by atoms with van der Waals surface area (Å²) in [7, 11) is 0. The molecule has 2 atom stereocenters. The summed E-state index contributed by atoms with van der Waals surface area (Å²) in [4.78, 5) is 11.1. The van der Waals surface area contributed by atoms with Crippen LogP contribution >= 0.6 is 0 Å². The quantitative estimate of drug-likeness (QED) is 0.840. The molecule has 0 N–H and O–H groups in total. The van der Waals surface area contributed by atoms with Gasteiger partial charge in [0.1, 0.15) is 5.75 Å². The Kier molecular flexibility index (Phi) is 4.13. The van der Waals surface area contributed by atoms with Crippen molar-refractivity contribution in [1.29, 1.82) is 0 Å². The summed E-state index contributed by atoms with van der Waals surface area (Å²) in [5.41, 5.74) is 0.140. The van der Waals surface area contributed by atoms with Crippen LogP contribution in [-0.2, 0) is 0 Å². The molecule has 0 heterocycles. The Labute approximate surface area is 114 Å². The van der Waals surface area contributed by atoms with Crippen molar-refractivity contribution in [2.24, 2.45) is 17.8 Å². The summed E-state index contributed by atoms with van der Waals surface area (Å²) in [5.74, 6) is 1.14. The standard InChI is InChI=1S/C16H22O3/c1-10-8-13(9-11(2)12(10)3)19-15-7-5-4-6-14(15)16(17)18/h4-7,10-13H,8-9H2,1-3H3,(H,17,18)/p-1. The second-order valence-electron chi connectivity index (χ2n) is 5.81. The van der Waals surface area contributed by atoms with E-state index in [1.54, 1.807) is 18.2 Å². The Balaban J connectivity index is 2.12. The molecule has 0 saturated heterocycles. The van der Waals surface area contributed by atoms with Gasteiger partial charge in [0, 0.05) is 5.56 Å². The van der Waals surface area contributed by atoms with Crippen LogP contribution in [0.15, 0.2) is 24.3 Å². The molecular formula is C16H21O3-. The van der Waals surface area contributed by atoms with Gasteiger partial charge in [0.05, 0.1) is 12.1 Å². The minimum Gasteiger partial charge on any atom is -0.545 e. The lowest BCUT2D eigenvalue weighted by Gasteiger charge is -2.37. The van der Waals surface area contributed by atoms with E-state index >= 15 is 0 Å². The molecule has 3 nitrogen and oxygen atoms in total. The molecule has 1 aromatic rings. The molecule has 0 radical (unpaired) electrons. The molecule has 0 bridgehead atoms. The first-order valence-corrected chi connectivity index (χ1v) is 6.96. The van der Waals surface area contributed by atoms with E-state index < -0.39 is 5.97 Å². The van der Waals surface area contributed by atoms with Crippen LogP contribution in [0, 0.1) is 17.8 Å². The molecule has 0 aliphatic heterocycles. The summed E-state index contributed by atoms with van der Waals surface area (Å²) in [5, 5.41) is 11.1. The maximum Gasteiger partial charge on any atom is 0.128 e. The van der Waals surface area contributed by atoms with Crippen LogP contribution < -0.4 is 9.84 Å². The highest BCUT2D eigenvalue weighted by Gasteiger charge is 2.31. The molecule has 0 aromatic heterocycles. The molecule has 1 aromatic carbocycles. The first-order valence-electron chi connectivity index (χ1n) is 6.96. The van der Waals surface area contributed by atoms with E-state index in [9.17, 15) is 9.90 Å². The van der Waals surface area contributed by atoms with Gasteiger partial charge in [0.25, 0.3) is 0 Å². The molecule has 2 unspecified atom stereocenters.